The first-order valence-electron chi connectivity index (χ1n) is 4.84. The Kier molecular flexibility index (Phi) is 2.88. The van der Waals surface area contributed by atoms with Crippen LogP contribution in [0, 0.1) is 11.3 Å². The Balaban J connectivity index is 2.36. The minimum atomic E-state index is 0.0155. The minimum absolute atomic E-state index is 0.0155. The van der Waals surface area contributed by atoms with Crippen LogP contribution in [0.25, 0.3) is 0 Å². The molecule has 0 radical (unpaired) electrons. The number of rotatable bonds is 3. The smallest absolute Gasteiger partial charge is 0.219 e. The Morgan fingerprint density at radius 2 is 2.31 bits per heavy atom. The van der Waals surface area contributed by atoms with E-state index in [1.807, 2.05) is 30.6 Å². The molecule has 2 rings (SSSR count). The van der Waals surface area contributed by atoms with Crippen LogP contribution in [-0.2, 0) is 13.5 Å². The molecule has 2 aromatic rings. The molecule has 0 bridgehead atoms. The minimum Gasteiger partial charge on any atom is -0.344 e. The Hall–Kier alpha value is -1.86. The van der Waals surface area contributed by atoms with Crippen molar-refractivity contribution in [2.24, 2.45) is 7.05 Å². The molecule has 0 fully saturated rings. The fourth-order valence-electron chi connectivity index (χ4n) is 1.57. The van der Waals surface area contributed by atoms with Crippen LogP contribution in [0.15, 0.2) is 29.6 Å². The molecule has 0 saturated heterocycles. The molecule has 4 heteroatoms. The van der Waals surface area contributed by atoms with E-state index in [2.05, 4.69) is 6.07 Å². The molecule has 16 heavy (non-hydrogen) atoms. The molecular formula is C12H10N2OS. The lowest BCUT2D eigenvalue weighted by molar-refractivity contribution is 0.103. The number of nitriles is 1. The van der Waals surface area contributed by atoms with Crippen molar-refractivity contribution < 1.29 is 4.79 Å². The summed E-state index contributed by atoms with van der Waals surface area (Å²) < 4.78 is 1.78. The van der Waals surface area contributed by atoms with Gasteiger partial charge >= 0.3 is 0 Å². The molecule has 0 amide bonds. The van der Waals surface area contributed by atoms with Crippen molar-refractivity contribution in [2.45, 2.75) is 6.42 Å². The van der Waals surface area contributed by atoms with E-state index >= 15 is 0 Å². The highest BCUT2D eigenvalue weighted by Crippen LogP contribution is 2.17. The number of carbonyl (C=O) groups excluding carboxylic acids is 1. The van der Waals surface area contributed by atoms with Gasteiger partial charge in [-0.1, -0.05) is 6.07 Å². The van der Waals surface area contributed by atoms with Crippen molar-refractivity contribution in [2.75, 3.05) is 0 Å². The van der Waals surface area contributed by atoms with E-state index < -0.39 is 0 Å². The summed E-state index contributed by atoms with van der Waals surface area (Å²) in [6, 6.07) is 9.35. The lowest BCUT2D eigenvalue weighted by atomic mass is 10.2. The van der Waals surface area contributed by atoms with Crippen LogP contribution >= 0.6 is 11.3 Å². The van der Waals surface area contributed by atoms with Crippen LogP contribution in [-0.4, -0.2) is 10.4 Å². The first-order chi connectivity index (χ1) is 7.74. The van der Waals surface area contributed by atoms with Crippen molar-refractivity contribution in [1.29, 1.82) is 5.26 Å². The van der Waals surface area contributed by atoms with Gasteiger partial charge in [0.2, 0.25) is 5.78 Å². The molecule has 0 aliphatic rings. The number of ketones is 1. The summed E-state index contributed by atoms with van der Waals surface area (Å²) in [6.07, 6.45) is 0.328. The highest BCUT2D eigenvalue weighted by atomic mass is 32.1. The first-order valence-corrected chi connectivity index (χ1v) is 5.71. The number of hydrogen-bond donors (Lipinski definition) is 0. The third-order valence-electron chi connectivity index (χ3n) is 2.46. The van der Waals surface area contributed by atoms with Crippen molar-refractivity contribution in [1.82, 2.24) is 4.57 Å². The molecule has 2 aromatic heterocycles. The fraction of sp³-hybridized carbons (Fsp3) is 0.167. The van der Waals surface area contributed by atoms with Crippen LogP contribution in [0.2, 0.25) is 0 Å². The second-order valence-corrected chi connectivity index (χ2v) is 4.36. The maximum absolute atomic E-state index is 12.1. The van der Waals surface area contributed by atoms with Crippen LogP contribution in [0.1, 0.15) is 21.1 Å². The van der Waals surface area contributed by atoms with Crippen molar-refractivity contribution >= 4 is 17.1 Å². The summed E-state index contributed by atoms with van der Waals surface area (Å²) in [6.45, 7) is 0. The summed E-state index contributed by atoms with van der Waals surface area (Å²) in [5.41, 5.74) is 1.50. The van der Waals surface area contributed by atoms with E-state index in [1.165, 1.54) is 11.3 Å². The number of thiophene rings is 1. The monoisotopic (exact) mass is 230 g/mol. The van der Waals surface area contributed by atoms with Crippen LogP contribution in [0.3, 0.4) is 0 Å². The van der Waals surface area contributed by atoms with Crippen LogP contribution in [0.5, 0.6) is 0 Å². The normalized spacial score (nSPS) is 10.0. The third-order valence-corrected chi connectivity index (χ3v) is 3.33. The predicted octanol–water partition coefficient (Wildman–Crippen LogP) is 2.38. The molecular weight excluding hydrogens is 220 g/mol. The molecule has 0 aliphatic carbocycles. The first kappa shape index (κ1) is 10.7. The Labute approximate surface area is 97.6 Å². The van der Waals surface area contributed by atoms with Crippen LogP contribution < -0.4 is 0 Å². The van der Waals surface area contributed by atoms with E-state index in [-0.39, 0.29) is 5.78 Å². The molecule has 80 valence electrons. The summed E-state index contributed by atoms with van der Waals surface area (Å²) in [5, 5.41) is 10.5. The molecule has 0 aliphatic heterocycles. The van der Waals surface area contributed by atoms with Crippen molar-refractivity contribution in [3.63, 3.8) is 0 Å². The van der Waals surface area contributed by atoms with E-state index in [4.69, 9.17) is 5.26 Å². The quantitative estimate of drug-likeness (QED) is 0.760. The molecule has 2 heterocycles. The van der Waals surface area contributed by atoms with Gasteiger partial charge in [0.15, 0.2) is 0 Å². The van der Waals surface area contributed by atoms with Gasteiger partial charge in [-0.15, -0.1) is 11.3 Å². The van der Waals surface area contributed by atoms with Gasteiger partial charge in [0.05, 0.1) is 23.1 Å². The highest BCUT2D eigenvalue weighted by Gasteiger charge is 2.14. The molecule has 0 atom stereocenters. The summed E-state index contributed by atoms with van der Waals surface area (Å²) in [7, 11) is 1.81. The van der Waals surface area contributed by atoms with E-state index in [0.717, 1.165) is 10.6 Å². The van der Waals surface area contributed by atoms with Crippen molar-refractivity contribution in [3.05, 3.63) is 45.9 Å². The summed E-state index contributed by atoms with van der Waals surface area (Å²) in [5.74, 6) is 0.0155. The maximum atomic E-state index is 12.1. The molecule has 0 aromatic carbocycles. The van der Waals surface area contributed by atoms with E-state index in [0.29, 0.717) is 12.1 Å². The molecule has 0 N–H and O–H groups in total. The van der Waals surface area contributed by atoms with Gasteiger partial charge in [0.25, 0.3) is 0 Å². The zero-order valence-electron chi connectivity index (χ0n) is 8.80. The maximum Gasteiger partial charge on any atom is 0.219 e. The number of aromatic nitrogens is 1. The van der Waals surface area contributed by atoms with Gasteiger partial charge in [-0.2, -0.15) is 5.26 Å². The topological polar surface area (TPSA) is 45.8 Å². The number of carbonyl (C=O) groups is 1. The van der Waals surface area contributed by atoms with Gasteiger partial charge in [-0.25, -0.2) is 0 Å². The van der Waals surface area contributed by atoms with Gasteiger partial charge < -0.3 is 4.57 Å². The fourth-order valence-corrected chi connectivity index (χ4v) is 2.25. The molecule has 0 spiro atoms. The van der Waals surface area contributed by atoms with Gasteiger partial charge in [-0.3, -0.25) is 4.79 Å². The average Bonchev–Trinajstić information content (AvgIpc) is 2.89. The lowest BCUT2D eigenvalue weighted by Gasteiger charge is -2.03. The second-order valence-electron chi connectivity index (χ2n) is 3.41. The summed E-state index contributed by atoms with van der Waals surface area (Å²) in [4.78, 5) is 12.8. The SMILES string of the molecule is Cn1c(CC#N)ccc1C(=O)c1cccs1. The molecule has 0 saturated carbocycles. The van der Waals surface area contributed by atoms with Gasteiger partial charge in [-0.05, 0) is 23.6 Å². The standard InChI is InChI=1S/C12H10N2OS/c1-14-9(6-7-13)4-5-10(14)12(15)11-3-2-8-16-11/h2-5,8H,6H2,1H3. The number of nitrogens with zero attached hydrogens (tertiary/aromatic N) is 2. The van der Waals surface area contributed by atoms with E-state index in [9.17, 15) is 4.79 Å². The van der Waals surface area contributed by atoms with Gasteiger partial charge in [0, 0.05) is 12.7 Å². The van der Waals surface area contributed by atoms with E-state index in [1.54, 1.807) is 10.6 Å². The Morgan fingerprint density at radius 1 is 1.50 bits per heavy atom. The average molecular weight is 230 g/mol. The van der Waals surface area contributed by atoms with Gasteiger partial charge in [0.1, 0.15) is 0 Å². The predicted molar refractivity (Wildman–Crippen MR) is 62.5 cm³/mol. The third kappa shape index (κ3) is 1.77. The Morgan fingerprint density at radius 3 is 2.94 bits per heavy atom. The molecule has 3 nitrogen and oxygen atoms in total. The Bertz CT molecular complexity index is 546. The van der Waals surface area contributed by atoms with Crippen LogP contribution in [0.4, 0.5) is 0 Å². The zero-order chi connectivity index (χ0) is 11.5. The zero-order valence-corrected chi connectivity index (χ0v) is 9.62. The molecule has 0 unspecified atom stereocenters. The largest absolute Gasteiger partial charge is 0.344 e. The van der Waals surface area contributed by atoms with Crippen molar-refractivity contribution in [3.8, 4) is 6.07 Å². The lowest BCUT2D eigenvalue weighted by Crippen LogP contribution is -2.07. The highest BCUT2D eigenvalue weighted by molar-refractivity contribution is 7.12. The summed E-state index contributed by atoms with van der Waals surface area (Å²) >= 11 is 1.43. The second kappa shape index (κ2) is 4.33. The number of hydrogen-bond acceptors (Lipinski definition) is 3.